The number of benzene rings is 1. The third-order valence-electron chi connectivity index (χ3n) is 4.33. The minimum absolute atomic E-state index is 0.334. The maximum absolute atomic E-state index is 5.93. The highest BCUT2D eigenvalue weighted by atomic mass is 15.2. The summed E-state index contributed by atoms with van der Waals surface area (Å²) < 4.78 is 0. The summed E-state index contributed by atoms with van der Waals surface area (Å²) in [4.78, 5) is 8.74. The largest absolute Gasteiger partial charge is 0.399 e. The number of nitrogens with zero attached hydrogens (tertiary/aromatic N) is 3. The van der Waals surface area contributed by atoms with E-state index in [0.717, 1.165) is 34.8 Å². The minimum atomic E-state index is 0.334. The van der Waals surface area contributed by atoms with Crippen LogP contribution >= 0.6 is 0 Å². The smallest absolute Gasteiger partial charge is 0.186 e. The van der Waals surface area contributed by atoms with Crippen LogP contribution < -0.4 is 11.1 Å². The van der Waals surface area contributed by atoms with E-state index in [2.05, 4.69) is 46.3 Å². The van der Waals surface area contributed by atoms with Crippen LogP contribution in [0.25, 0.3) is 22.3 Å². The lowest BCUT2D eigenvalue weighted by molar-refractivity contribution is 0.520. The Morgan fingerprint density at radius 1 is 1.16 bits per heavy atom. The normalized spacial score (nSPS) is 12.6. The molecule has 0 aliphatic carbocycles. The van der Waals surface area contributed by atoms with E-state index in [1.807, 2.05) is 24.3 Å². The summed E-state index contributed by atoms with van der Waals surface area (Å²) in [5, 5.41) is 11.8. The first-order valence-electron chi connectivity index (χ1n) is 8.86. The average molecular weight is 338 g/mol. The first kappa shape index (κ1) is 17.2. The van der Waals surface area contributed by atoms with Gasteiger partial charge in [0.25, 0.3) is 0 Å². The second-order valence-corrected chi connectivity index (χ2v) is 7.02. The molecule has 25 heavy (non-hydrogen) atoms. The number of nitrogens with two attached hydrogens (primary N) is 1. The quantitative estimate of drug-likeness (QED) is 0.561. The molecule has 1 unspecified atom stereocenters. The van der Waals surface area contributed by atoms with Gasteiger partial charge in [0.15, 0.2) is 5.65 Å². The molecule has 0 spiro atoms. The van der Waals surface area contributed by atoms with E-state index in [1.54, 1.807) is 6.33 Å². The summed E-state index contributed by atoms with van der Waals surface area (Å²) in [7, 11) is 0. The number of H-pyrrole nitrogens is 1. The molecule has 6 heteroatoms. The minimum Gasteiger partial charge on any atom is -0.399 e. The highest BCUT2D eigenvalue weighted by Crippen LogP contribution is 2.31. The molecule has 2 heterocycles. The van der Waals surface area contributed by atoms with E-state index in [4.69, 9.17) is 5.73 Å². The zero-order valence-electron chi connectivity index (χ0n) is 15.1. The molecule has 0 amide bonds. The van der Waals surface area contributed by atoms with Crippen LogP contribution in [0.15, 0.2) is 30.6 Å². The lowest BCUT2D eigenvalue weighted by Crippen LogP contribution is -2.16. The van der Waals surface area contributed by atoms with Crippen molar-refractivity contribution in [3.8, 4) is 11.3 Å². The summed E-state index contributed by atoms with van der Waals surface area (Å²) in [5.74, 6) is 1.55. The fraction of sp³-hybridized carbons (Fsp3) is 0.421. The molecule has 3 aromatic rings. The van der Waals surface area contributed by atoms with Gasteiger partial charge >= 0.3 is 0 Å². The van der Waals surface area contributed by atoms with Crippen molar-refractivity contribution in [1.82, 2.24) is 20.2 Å². The van der Waals surface area contributed by atoms with E-state index in [9.17, 15) is 0 Å². The standard InChI is InChI=1S/C19H26N6/c1-12(2)6-4-7-13(3)23-18-16-17(14-8-5-9-15(20)10-14)24-25-19(16)22-11-21-18/h5,8-13H,4,6-7,20H2,1-3H3,(H2,21,22,23,24,25). The van der Waals surface area contributed by atoms with Gasteiger partial charge in [-0.2, -0.15) is 5.10 Å². The van der Waals surface area contributed by atoms with Crippen molar-refractivity contribution < 1.29 is 0 Å². The van der Waals surface area contributed by atoms with Gasteiger partial charge in [-0.15, -0.1) is 0 Å². The van der Waals surface area contributed by atoms with Gasteiger partial charge in [0.1, 0.15) is 12.1 Å². The molecule has 0 radical (unpaired) electrons. The first-order valence-corrected chi connectivity index (χ1v) is 8.86. The highest BCUT2D eigenvalue weighted by molar-refractivity contribution is 5.98. The van der Waals surface area contributed by atoms with Crippen molar-refractivity contribution in [2.45, 2.75) is 46.1 Å². The number of anilines is 2. The Labute approximate surface area is 148 Å². The number of rotatable bonds is 7. The summed E-state index contributed by atoms with van der Waals surface area (Å²) in [6.07, 6.45) is 5.10. The van der Waals surface area contributed by atoms with Crippen molar-refractivity contribution in [2.75, 3.05) is 11.1 Å². The van der Waals surface area contributed by atoms with Crippen LogP contribution in [0.1, 0.15) is 40.0 Å². The first-order chi connectivity index (χ1) is 12.0. The number of fused-ring (bicyclic) bond motifs is 1. The van der Waals surface area contributed by atoms with Crippen LogP contribution in [-0.2, 0) is 0 Å². The zero-order chi connectivity index (χ0) is 17.8. The van der Waals surface area contributed by atoms with Crippen LogP contribution in [0.4, 0.5) is 11.5 Å². The Balaban J connectivity index is 1.87. The SMILES string of the molecule is CC(C)CCCC(C)Nc1ncnc2n[nH]c(-c3cccc(N)c3)c12. The summed E-state index contributed by atoms with van der Waals surface area (Å²) in [6.45, 7) is 6.71. The monoisotopic (exact) mass is 338 g/mol. The van der Waals surface area contributed by atoms with E-state index in [0.29, 0.717) is 17.4 Å². The Hall–Kier alpha value is -2.63. The molecule has 0 fully saturated rings. The Morgan fingerprint density at radius 2 is 2.00 bits per heavy atom. The maximum Gasteiger partial charge on any atom is 0.186 e. The van der Waals surface area contributed by atoms with Gasteiger partial charge in [-0.1, -0.05) is 38.8 Å². The summed E-state index contributed by atoms with van der Waals surface area (Å²) in [5.41, 5.74) is 9.17. The number of aromatic amines is 1. The van der Waals surface area contributed by atoms with Gasteiger partial charge in [0.05, 0.1) is 11.1 Å². The maximum atomic E-state index is 5.93. The molecule has 1 aromatic carbocycles. The number of nitrogens with one attached hydrogen (secondary N) is 2. The topological polar surface area (TPSA) is 92.5 Å². The molecule has 0 aliphatic heterocycles. The van der Waals surface area contributed by atoms with Gasteiger partial charge in [0.2, 0.25) is 0 Å². The van der Waals surface area contributed by atoms with Crippen LogP contribution in [0.5, 0.6) is 0 Å². The molecule has 4 N–H and O–H groups in total. The molecule has 0 aliphatic rings. The third-order valence-corrected chi connectivity index (χ3v) is 4.33. The molecule has 0 bridgehead atoms. The van der Waals surface area contributed by atoms with Crippen molar-refractivity contribution in [1.29, 1.82) is 0 Å². The summed E-state index contributed by atoms with van der Waals surface area (Å²) >= 11 is 0. The van der Waals surface area contributed by atoms with Crippen molar-refractivity contribution in [3.05, 3.63) is 30.6 Å². The molecule has 0 saturated carbocycles. The summed E-state index contributed by atoms with van der Waals surface area (Å²) in [6, 6.07) is 8.07. The number of nitrogen functional groups attached to an aromatic ring is 1. The van der Waals surface area contributed by atoms with Gasteiger partial charge in [-0.25, -0.2) is 9.97 Å². The molecule has 1 atom stereocenters. The van der Waals surface area contributed by atoms with Crippen molar-refractivity contribution in [2.24, 2.45) is 5.92 Å². The van der Waals surface area contributed by atoms with E-state index < -0.39 is 0 Å². The number of aromatic nitrogens is 4. The molecule has 6 nitrogen and oxygen atoms in total. The Bertz CT molecular complexity index is 839. The van der Waals surface area contributed by atoms with Crippen molar-refractivity contribution in [3.63, 3.8) is 0 Å². The van der Waals surface area contributed by atoms with E-state index in [1.165, 1.54) is 12.8 Å². The van der Waals surface area contributed by atoms with Crippen LogP contribution in [0, 0.1) is 5.92 Å². The van der Waals surface area contributed by atoms with Gasteiger partial charge < -0.3 is 11.1 Å². The molecule has 0 saturated heterocycles. The lowest BCUT2D eigenvalue weighted by Gasteiger charge is -2.16. The number of hydrogen-bond donors (Lipinski definition) is 3. The van der Waals surface area contributed by atoms with Crippen molar-refractivity contribution >= 4 is 22.5 Å². The lowest BCUT2D eigenvalue weighted by atomic mass is 10.0. The molecular weight excluding hydrogens is 312 g/mol. The third kappa shape index (κ3) is 4.07. The Morgan fingerprint density at radius 3 is 2.76 bits per heavy atom. The molecule has 132 valence electrons. The molecule has 3 rings (SSSR count). The zero-order valence-corrected chi connectivity index (χ0v) is 15.1. The van der Waals surface area contributed by atoms with Crippen LogP contribution in [-0.4, -0.2) is 26.2 Å². The van der Waals surface area contributed by atoms with E-state index >= 15 is 0 Å². The fourth-order valence-corrected chi connectivity index (χ4v) is 3.01. The fourth-order valence-electron chi connectivity index (χ4n) is 3.01. The van der Waals surface area contributed by atoms with Gasteiger partial charge in [0, 0.05) is 17.3 Å². The van der Waals surface area contributed by atoms with Gasteiger partial charge in [-0.05, 0) is 31.4 Å². The Kier molecular flexibility index (Phi) is 5.16. The van der Waals surface area contributed by atoms with Crippen LogP contribution in [0.3, 0.4) is 0 Å². The average Bonchev–Trinajstić information content (AvgIpc) is 2.99. The highest BCUT2D eigenvalue weighted by Gasteiger charge is 2.15. The molecule has 2 aromatic heterocycles. The predicted molar refractivity (Wildman–Crippen MR) is 103 cm³/mol. The second-order valence-electron chi connectivity index (χ2n) is 7.02. The predicted octanol–water partition coefficient (Wildman–Crippen LogP) is 4.23. The van der Waals surface area contributed by atoms with Crippen LogP contribution in [0.2, 0.25) is 0 Å². The van der Waals surface area contributed by atoms with Gasteiger partial charge in [-0.3, -0.25) is 5.10 Å². The van der Waals surface area contributed by atoms with E-state index in [-0.39, 0.29) is 0 Å². The number of hydrogen-bond acceptors (Lipinski definition) is 5. The molecular formula is C19H26N6. The second kappa shape index (κ2) is 7.51.